The molecule has 2 aromatic rings. The summed E-state index contributed by atoms with van der Waals surface area (Å²) in [5.74, 6) is 0.813. The van der Waals surface area contributed by atoms with Gasteiger partial charge in [0.15, 0.2) is 0 Å². The number of carbonyl (C=O) groups is 2. The summed E-state index contributed by atoms with van der Waals surface area (Å²) in [6.07, 6.45) is 1.44. The van der Waals surface area contributed by atoms with Crippen LogP contribution in [0.2, 0.25) is 0 Å². The van der Waals surface area contributed by atoms with Crippen LogP contribution in [0.25, 0.3) is 0 Å². The minimum Gasteiger partial charge on any atom is -0.354 e. The molecule has 0 aromatic heterocycles. The Morgan fingerprint density at radius 3 is 2.53 bits per heavy atom. The van der Waals surface area contributed by atoms with Crippen LogP contribution < -0.4 is 10.2 Å². The van der Waals surface area contributed by atoms with Gasteiger partial charge < -0.3 is 15.1 Å². The maximum Gasteiger partial charge on any atom is 0.227 e. The van der Waals surface area contributed by atoms with Gasteiger partial charge in [-0.05, 0) is 43.8 Å². The fourth-order valence-electron chi connectivity index (χ4n) is 3.66. The summed E-state index contributed by atoms with van der Waals surface area (Å²) in [6, 6.07) is 16.6. The molecule has 1 unspecified atom stereocenters. The number of thioether (sulfide) groups is 1. The van der Waals surface area contributed by atoms with Crippen LogP contribution in [0.5, 0.6) is 0 Å². The highest BCUT2D eigenvalue weighted by molar-refractivity contribution is 7.99. The molecule has 1 atom stereocenters. The first-order chi connectivity index (χ1) is 14.5. The van der Waals surface area contributed by atoms with Gasteiger partial charge in [-0.1, -0.05) is 43.3 Å². The zero-order valence-corrected chi connectivity index (χ0v) is 18.9. The summed E-state index contributed by atoms with van der Waals surface area (Å²) in [7, 11) is 4.03. The lowest BCUT2D eigenvalue weighted by molar-refractivity contribution is -0.125. The summed E-state index contributed by atoms with van der Waals surface area (Å²) in [5, 5.41) is 3.01. The van der Waals surface area contributed by atoms with Crippen molar-refractivity contribution in [3.8, 4) is 0 Å². The number of hydrogen-bond donors (Lipinski definition) is 1. The van der Waals surface area contributed by atoms with Crippen molar-refractivity contribution in [2.24, 2.45) is 0 Å². The molecule has 0 bridgehead atoms. The van der Waals surface area contributed by atoms with Gasteiger partial charge in [0.25, 0.3) is 0 Å². The van der Waals surface area contributed by atoms with Gasteiger partial charge in [-0.2, -0.15) is 0 Å². The smallest absolute Gasteiger partial charge is 0.227 e. The Balaban J connectivity index is 1.52. The van der Waals surface area contributed by atoms with Crippen LogP contribution in [0, 0.1) is 0 Å². The number of hydrogen-bond acceptors (Lipinski definition) is 4. The molecule has 3 rings (SSSR count). The molecule has 2 aromatic carbocycles. The number of aryl methyl sites for hydroxylation is 1. The first-order valence-electron chi connectivity index (χ1n) is 10.5. The number of anilines is 1. The summed E-state index contributed by atoms with van der Waals surface area (Å²) in [6.45, 7) is 3.36. The van der Waals surface area contributed by atoms with Gasteiger partial charge in [0.2, 0.25) is 11.8 Å². The number of rotatable bonds is 8. The monoisotopic (exact) mass is 425 g/mol. The van der Waals surface area contributed by atoms with Crippen LogP contribution in [-0.4, -0.2) is 49.7 Å². The van der Waals surface area contributed by atoms with Crippen LogP contribution in [0.4, 0.5) is 5.69 Å². The van der Waals surface area contributed by atoms with Crippen LogP contribution in [0.1, 0.15) is 36.9 Å². The van der Waals surface area contributed by atoms with Crippen molar-refractivity contribution in [2.45, 2.75) is 37.1 Å². The number of benzene rings is 2. The van der Waals surface area contributed by atoms with Gasteiger partial charge in [0.05, 0.1) is 11.7 Å². The average molecular weight is 426 g/mol. The molecule has 0 aliphatic carbocycles. The SMILES string of the molecule is CCc1ccc(C(CNC(=O)CCC(=O)N2CCSc3ccccc32)N(C)C)cc1. The van der Waals surface area contributed by atoms with Gasteiger partial charge >= 0.3 is 0 Å². The summed E-state index contributed by atoms with van der Waals surface area (Å²) in [5.41, 5.74) is 3.44. The quantitative estimate of drug-likeness (QED) is 0.697. The van der Waals surface area contributed by atoms with E-state index in [-0.39, 0.29) is 30.7 Å². The third kappa shape index (κ3) is 5.64. The number of carbonyl (C=O) groups excluding carboxylic acids is 2. The van der Waals surface area contributed by atoms with E-state index in [1.807, 2.05) is 43.3 Å². The van der Waals surface area contributed by atoms with E-state index in [9.17, 15) is 9.59 Å². The number of para-hydroxylation sites is 1. The van der Waals surface area contributed by atoms with E-state index in [2.05, 4.69) is 41.4 Å². The van der Waals surface area contributed by atoms with Gasteiger partial charge in [0, 0.05) is 36.6 Å². The lowest BCUT2D eigenvalue weighted by Gasteiger charge is -2.29. The van der Waals surface area contributed by atoms with E-state index in [1.165, 1.54) is 11.1 Å². The molecule has 6 heteroatoms. The van der Waals surface area contributed by atoms with Crippen LogP contribution in [0.15, 0.2) is 53.4 Å². The molecule has 160 valence electrons. The van der Waals surface area contributed by atoms with Crippen molar-refractivity contribution < 1.29 is 9.59 Å². The summed E-state index contributed by atoms with van der Waals surface area (Å²) in [4.78, 5) is 30.2. The van der Waals surface area contributed by atoms with Gasteiger partial charge in [-0.25, -0.2) is 0 Å². The molecule has 5 nitrogen and oxygen atoms in total. The molecular formula is C24H31N3O2S. The Hall–Kier alpha value is -2.31. The summed E-state index contributed by atoms with van der Waals surface area (Å²) >= 11 is 1.77. The van der Waals surface area contributed by atoms with Crippen molar-refractivity contribution >= 4 is 29.3 Å². The Labute approximate surface area is 183 Å². The predicted octanol–water partition coefficient (Wildman–Crippen LogP) is 3.89. The Bertz CT molecular complexity index is 867. The second kappa shape index (κ2) is 10.6. The molecule has 0 spiro atoms. The fraction of sp³-hybridized carbons (Fsp3) is 0.417. The number of fused-ring (bicyclic) bond motifs is 1. The Morgan fingerprint density at radius 1 is 1.10 bits per heavy atom. The normalized spacial score (nSPS) is 14.3. The number of amides is 2. The molecule has 0 saturated heterocycles. The highest BCUT2D eigenvalue weighted by Gasteiger charge is 2.23. The molecule has 2 amide bonds. The fourth-order valence-corrected chi connectivity index (χ4v) is 4.65. The van der Waals surface area contributed by atoms with Crippen LogP contribution in [-0.2, 0) is 16.0 Å². The molecule has 0 saturated carbocycles. The van der Waals surface area contributed by atoms with Crippen LogP contribution in [0.3, 0.4) is 0 Å². The standard InChI is InChI=1S/C24H31N3O2S/c1-4-18-9-11-19(12-10-18)21(26(2)3)17-25-23(28)13-14-24(29)27-15-16-30-22-8-6-5-7-20(22)27/h5-12,21H,4,13-17H2,1-3H3,(H,25,28). The highest BCUT2D eigenvalue weighted by Crippen LogP contribution is 2.34. The Morgan fingerprint density at radius 2 is 1.83 bits per heavy atom. The first kappa shape index (κ1) is 22.4. The third-order valence-electron chi connectivity index (χ3n) is 5.48. The second-order valence-corrected chi connectivity index (χ2v) is 8.88. The van der Waals surface area contributed by atoms with Gasteiger partial charge in [-0.15, -0.1) is 11.8 Å². The molecule has 1 heterocycles. The summed E-state index contributed by atoms with van der Waals surface area (Å²) < 4.78 is 0. The largest absolute Gasteiger partial charge is 0.354 e. The molecule has 0 fully saturated rings. The van der Waals surface area contributed by atoms with Gasteiger partial charge in [-0.3, -0.25) is 9.59 Å². The van der Waals surface area contributed by atoms with Crippen molar-refractivity contribution in [1.82, 2.24) is 10.2 Å². The van der Waals surface area contributed by atoms with E-state index in [1.54, 1.807) is 11.8 Å². The van der Waals surface area contributed by atoms with E-state index in [4.69, 9.17) is 0 Å². The van der Waals surface area contributed by atoms with Crippen molar-refractivity contribution in [1.29, 1.82) is 0 Å². The molecule has 1 aliphatic heterocycles. The molecule has 1 N–H and O–H groups in total. The van der Waals surface area contributed by atoms with Gasteiger partial charge in [0.1, 0.15) is 0 Å². The number of nitrogens with one attached hydrogen (secondary N) is 1. The number of nitrogens with zero attached hydrogens (tertiary/aromatic N) is 2. The van der Waals surface area contributed by atoms with E-state index in [0.717, 1.165) is 22.8 Å². The average Bonchev–Trinajstić information content (AvgIpc) is 2.77. The van der Waals surface area contributed by atoms with E-state index in [0.29, 0.717) is 13.1 Å². The lowest BCUT2D eigenvalue weighted by Crippen LogP contribution is -2.37. The van der Waals surface area contributed by atoms with Crippen LogP contribution >= 0.6 is 11.8 Å². The first-order valence-corrected chi connectivity index (χ1v) is 11.5. The van der Waals surface area contributed by atoms with E-state index < -0.39 is 0 Å². The molecule has 0 radical (unpaired) electrons. The third-order valence-corrected chi connectivity index (χ3v) is 6.53. The zero-order valence-electron chi connectivity index (χ0n) is 18.1. The van der Waals surface area contributed by atoms with Crippen molar-refractivity contribution in [3.63, 3.8) is 0 Å². The van der Waals surface area contributed by atoms with Crippen molar-refractivity contribution in [3.05, 3.63) is 59.7 Å². The Kier molecular flexibility index (Phi) is 7.94. The minimum absolute atomic E-state index is 0.0113. The maximum absolute atomic E-state index is 12.7. The maximum atomic E-state index is 12.7. The molecule has 1 aliphatic rings. The molecular weight excluding hydrogens is 394 g/mol. The highest BCUT2D eigenvalue weighted by atomic mass is 32.2. The minimum atomic E-state index is -0.0833. The lowest BCUT2D eigenvalue weighted by atomic mass is 10.0. The number of likely N-dealkylation sites (N-methyl/N-ethyl adjacent to an activating group) is 1. The zero-order chi connectivity index (χ0) is 21.5. The second-order valence-electron chi connectivity index (χ2n) is 7.74. The predicted molar refractivity (Wildman–Crippen MR) is 124 cm³/mol. The van der Waals surface area contributed by atoms with E-state index >= 15 is 0 Å². The molecule has 30 heavy (non-hydrogen) atoms. The van der Waals surface area contributed by atoms with Crippen molar-refractivity contribution in [2.75, 3.05) is 37.8 Å². The topological polar surface area (TPSA) is 52.7 Å².